The zero-order valence-electron chi connectivity index (χ0n) is 23.4. The van der Waals surface area contributed by atoms with E-state index in [0.717, 1.165) is 75.2 Å². The van der Waals surface area contributed by atoms with Gasteiger partial charge in [0.25, 0.3) is 11.8 Å². The van der Waals surface area contributed by atoms with Crippen molar-refractivity contribution in [1.82, 2.24) is 20.5 Å². The molecule has 4 atom stereocenters. The zero-order valence-corrected chi connectivity index (χ0v) is 23.4. The van der Waals surface area contributed by atoms with E-state index in [4.69, 9.17) is 9.72 Å². The highest BCUT2D eigenvalue weighted by molar-refractivity contribution is 5.97. The summed E-state index contributed by atoms with van der Waals surface area (Å²) in [6.07, 6.45) is 8.77. The molecule has 39 heavy (non-hydrogen) atoms. The first kappa shape index (κ1) is 26.1. The number of ether oxygens (including phenoxy) is 1. The predicted molar refractivity (Wildman–Crippen MR) is 152 cm³/mol. The van der Waals surface area contributed by atoms with Crippen LogP contribution in [0.2, 0.25) is 0 Å². The van der Waals surface area contributed by atoms with E-state index < -0.39 is 0 Å². The molecule has 1 aromatic heterocycles. The predicted octanol–water partition coefficient (Wildman–Crippen LogP) is 3.86. The van der Waals surface area contributed by atoms with Crippen LogP contribution in [-0.2, 0) is 6.42 Å². The van der Waals surface area contributed by atoms with Gasteiger partial charge < -0.3 is 20.3 Å². The largest absolute Gasteiger partial charge is 0.493 e. The Labute approximate surface area is 231 Å². The summed E-state index contributed by atoms with van der Waals surface area (Å²) in [5, 5.41) is 6.54. The van der Waals surface area contributed by atoms with Crippen molar-refractivity contribution in [3.05, 3.63) is 52.7 Å². The lowest BCUT2D eigenvalue weighted by molar-refractivity contribution is 0.0885. The Morgan fingerprint density at radius 3 is 2.49 bits per heavy atom. The van der Waals surface area contributed by atoms with Gasteiger partial charge in [-0.1, -0.05) is 6.07 Å². The van der Waals surface area contributed by atoms with Gasteiger partial charge in [-0.15, -0.1) is 0 Å². The Balaban J connectivity index is 1.06. The van der Waals surface area contributed by atoms with E-state index in [9.17, 15) is 9.59 Å². The van der Waals surface area contributed by atoms with Crippen LogP contribution in [0.15, 0.2) is 30.5 Å². The standard InChI is InChI=1S/C31H41N5O3/c1-19(2)35-13-4-5-23(18-35)33-30(37)22-7-11-28(32-17-22)36-25-8-9-26(36)16-24(15-25)34-31(38)27-10-6-21-12-14-39-29(21)20(27)3/h6-7,10-11,17,19,23-26H,4-5,8-9,12-16,18H2,1-3H3,(H,33,37)(H,34,38)/t23-,24?,25-,26+/m0/s1. The fourth-order valence-corrected chi connectivity index (χ4v) is 7.12. The maximum absolute atomic E-state index is 13.2. The van der Waals surface area contributed by atoms with Crippen molar-refractivity contribution in [2.45, 2.75) is 95.9 Å². The minimum atomic E-state index is -0.0405. The number of anilines is 1. The molecule has 1 unspecified atom stereocenters. The number of benzene rings is 1. The molecule has 2 amide bonds. The fourth-order valence-electron chi connectivity index (χ4n) is 7.12. The molecule has 0 aliphatic carbocycles. The lowest BCUT2D eigenvalue weighted by Gasteiger charge is -2.40. The number of carbonyl (C=O) groups excluding carboxylic acids is 2. The maximum Gasteiger partial charge on any atom is 0.253 e. The summed E-state index contributed by atoms with van der Waals surface area (Å²) in [5.74, 6) is 1.77. The Hall–Kier alpha value is -3.13. The van der Waals surface area contributed by atoms with E-state index in [1.807, 2.05) is 31.2 Å². The van der Waals surface area contributed by atoms with E-state index in [2.05, 4.69) is 34.3 Å². The van der Waals surface area contributed by atoms with Crippen LogP contribution in [0.25, 0.3) is 0 Å². The second-order valence-corrected chi connectivity index (χ2v) is 12.1. The number of amides is 2. The van der Waals surface area contributed by atoms with Crippen LogP contribution in [0.1, 0.15) is 84.2 Å². The molecule has 208 valence electrons. The third kappa shape index (κ3) is 5.23. The van der Waals surface area contributed by atoms with Crippen molar-refractivity contribution in [2.24, 2.45) is 0 Å². The molecular formula is C31H41N5O3. The zero-order chi connectivity index (χ0) is 27.1. The summed E-state index contributed by atoms with van der Waals surface area (Å²) < 4.78 is 5.77. The van der Waals surface area contributed by atoms with E-state index in [-0.39, 0.29) is 23.9 Å². The second kappa shape index (κ2) is 10.8. The smallest absolute Gasteiger partial charge is 0.253 e. The molecule has 8 heteroatoms. The van der Waals surface area contributed by atoms with Crippen molar-refractivity contribution in [3.8, 4) is 5.75 Å². The van der Waals surface area contributed by atoms with Gasteiger partial charge in [0.05, 0.1) is 12.2 Å². The number of rotatable bonds is 6. The van der Waals surface area contributed by atoms with Gasteiger partial charge in [-0.25, -0.2) is 4.98 Å². The van der Waals surface area contributed by atoms with Gasteiger partial charge in [0.1, 0.15) is 11.6 Å². The number of nitrogens with zero attached hydrogens (tertiary/aromatic N) is 3. The third-order valence-electron chi connectivity index (χ3n) is 9.21. The van der Waals surface area contributed by atoms with Gasteiger partial charge in [0.15, 0.2) is 0 Å². The van der Waals surface area contributed by atoms with Gasteiger partial charge in [-0.3, -0.25) is 14.5 Å². The van der Waals surface area contributed by atoms with Crippen LogP contribution in [-0.4, -0.2) is 71.6 Å². The highest BCUT2D eigenvalue weighted by Crippen LogP contribution is 2.39. The molecular weight excluding hydrogens is 490 g/mol. The molecule has 2 N–H and O–H groups in total. The van der Waals surface area contributed by atoms with E-state index >= 15 is 0 Å². The number of aromatic nitrogens is 1. The van der Waals surface area contributed by atoms with Crippen molar-refractivity contribution >= 4 is 17.6 Å². The van der Waals surface area contributed by atoms with E-state index in [1.54, 1.807) is 6.20 Å². The molecule has 0 saturated carbocycles. The summed E-state index contributed by atoms with van der Waals surface area (Å²) in [5.41, 5.74) is 3.46. The Morgan fingerprint density at radius 2 is 1.77 bits per heavy atom. The topological polar surface area (TPSA) is 86.8 Å². The minimum Gasteiger partial charge on any atom is -0.493 e. The Morgan fingerprint density at radius 1 is 1.00 bits per heavy atom. The first-order valence-electron chi connectivity index (χ1n) is 14.7. The summed E-state index contributed by atoms with van der Waals surface area (Å²) in [6, 6.07) is 9.39. The highest BCUT2D eigenvalue weighted by Gasteiger charge is 2.42. The Kier molecular flexibility index (Phi) is 7.23. The molecule has 5 heterocycles. The number of nitrogens with one attached hydrogen (secondary N) is 2. The highest BCUT2D eigenvalue weighted by atomic mass is 16.5. The summed E-state index contributed by atoms with van der Waals surface area (Å²) in [6.45, 7) is 9.11. The van der Waals surface area contributed by atoms with Crippen molar-refractivity contribution in [1.29, 1.82) is 0 Å². The maximum atomic E-state index is 13.2. The fraction of sp³-hybridized carbons (Fsp3) is 0.581. The van der Waals surface area contributed by atoms with E-state index in [1.165, 1.54) is 5.56 Å². The quantitative estimate of drug-likeness (QED) is 0.589. The number of hydrogen-bond acceptors (Lipinski definition) is 6. The van der Waals surface area contributed by atoms with Crippen LogP contribution in [0.5, 0.6) is 5.75 Å². The molecule has 2 bridgehead atoms. The average molecular weight is 532 g/mol. The summed E-state index contributed by atoms with van der Waals surface area (Å²) in [4.78, 5) is 35.7. The molecule has 6 rings (SSSR count). The number of pyridine rings is 1. The minimum absolute atomic E-state index is 0.00776. The Bertz CT molecular complexity index is 1220. The molecule has 3 saturated heterocycles. The molecule has 0 radical (unpaired) electrons. The van der Waals surface area contributed by atoms with Crippen LogP contribution in [0.3, 0.4) is 0 Å². The number of likely N-dealkylation sites (tertiary alicyclic amines) is 1. The number of carbonyl (C=O) groups is 2. The molecule has 8 nitrogen and oxygen atoms in total. The van der Waals surface area contributed by atoms with Crippen molar-refractivity contribution in [2.75, 3.05) is 24.6 Å². The van der Waals surface area contributed by atoms with Crippen molar-refractivity contribution < 1.29 is 14.3 Å². The van der Waals surface area contributed by atoms with Crippen LogP contribution in [0.4, 0.5) is 5.82 Å². The monoisotopic (exact) mass is 531 g/mol. The molecule has 4 aliphatic heterocycles. The van der Waals surface area contributed by atoms with Crippen LogP contribution < -0.4 is 20.3 Å². The lowest BCUT2D eigenvalue weighted by Crippen LogP contribution is -2.51. The number of hydrogen-bond donors (Lipinski definition) is 2. The molecule has 4 aliphatic rings. The van der Waals surface area contributed by atoms with Gasteiger partial charge >= 0.3 is 0 Å². The molecule has 0 spiro atoms. The SMILES string of the molecule is Cc1c(C(=O)NC2C[C@H]3CC[C@@H](C2)N3c2ccc(C(=O)N[C@H]3CCCN(C(C)C)C3)cn2)ccc2c1OCC2. The third-order valence-corrected chi connectivity index (χ3v) is 9.21. The normalized spacial score (nSPS) is 26.3. The van der Waals surface area contributed by atoms with Crippen LogP contribution in [0, 0.1) is 6.92 Å². The van der Waals surface area contributed by atoms with E-state index in [0.29, 0.717) is 35.9 Å². The number of piperidine rings is 2. The second-order valence-electron chi connectivity index (χ2n) is 12.1. The first-order chi connectivity index (χ1) is 18.9. The van der Waals surface area contributed by atoms with Crippen LogP contribution >= 0.6 is 0 Å². The van der Waals surface area contributed by atoms with Gasteiger partial charge in [0, 0.05) is 60.5 Å². The van der Waals surface area contributed by atoms with Gasteiger partial charge in [-0.2, -0.15) is 0 Å². The van der Waals surface area contributed by atoms with Gasteiger partial charge in [-0.05, 0) is 89.6 Å². The molecule has 2 aromatic rings. The molecule has 3 fully saturated rings. The average Bonchev–Trinajstić information content (AvgIpc) is 3.52. The summed E-state index contributed by atoms with van der Waals surface area (Å²) >= 11 is 0. The van der Waals surface area contributed by atoms with Crippen molar-refractivity contribution in [3.63, 3.8) is 0 Å². The lowest BCUT2D eigenvalue weighted by atomic mass is 9.96. The van der Waals surface area contributed by atoms with Gasteiger partial charge in [0.2, 0.25) is 0 Å². The summed E-state index contributed by atoms with van der Waals surface area (Å²) in [7, 11) is 0. The molecule has 1 aromatic carbocycles. The number of fused-ring (bicyclic) bond motifs is 3. The first-order valence-corrected chi connectivity index (χ1v) is 14.7.